The maximum absolute atomic E-state index is 12.4. The number of methoxy groups -OCH3 is 1. The molecule has 2 aromatic heterocycles. The van der Waals surface area contributed by atoms with Crippen LogP contribution in [0.2, 0.25) is 0 Å². The molecule has 0 saturated heterocycles. The Kier molecular flexibility index (Phi) is 5.81. The van der Waals surface area contributed by atoms with E-state index in [9.17, 15) is 14.4 Å². The van der Waals surface area contributed by atoms with Crippen LogP contribution >= 0.6 is 0 Å². The van der Waals surface area contributed by atoms with Crippen molar-refractivity contribution in [1.82, 2.24) is 9.78 Å². The number of fused-ring (bicyclic) bond motifs is 1. The van der Waals surface area contributed by atoms with Crippen molar-refractivity contribution in [2.24, 2.45) is 0 Å². The summed E-state index contributed by atoms with van der Waals surface area (Å²) in [7, 11) is 1.33. The molecule has 166 valence electrons. The lowest BCUT2D eigenvalue weighted by Gasteiger charge is -2.22. The fourth-order valence-electron chi connectivity index (χ4n) is 3.88. The Labute approximate surface area is 184 Å². The second-order valence-electron chi connectivity index (χ2n) is 7.39. The Balaban J connectivity index is 1.64. The van der Waals surface area contributed by atoms with Gasteiger partial charge in [0.2, 0.25) is 5.91 Å². The lowest BCUT2D eigenvalue weighted by Crippen LogP contribution is -2.26. The largest absolute Gasteiger partial charge is 0.465 e. The Bertz CT molecular complexity index is 1180. The number of anilines is 1. The maximum atomic E-state index is 12.4. The summed E-state index contributed by atoms with van der Waals surface area (Å²) >= 11 is 0. The van der Waals surface area contributed by atoms with Gasteiger partial charge < -0.3 is 19.2 Å². The number of hydrogen-bond donors (Lipinski definition) is 1. The normalized spacial score (nSPS) is 15.1. The van der Waals surface area contributed by atoms with Gasteiger partial charge in [-0.2, -0.15) is 5.10 Å². The Morgan fingerprint density at radius 1 is 1.22 bits per heavy atom. The minimum absolute atomic E-state index is 0.0903. The zero-order valence-corrected chi connectivity index (χ0v) is 18.0. The van der Waals surface area contributed by atoms with Crippen molar-refractivity contribution in [2.75, 3.05) is 19.0 Å². The molecule has 0 saturated carbocycles. The second-order valence-corrected chi connectivity index (χ2v) is 7.39. The molecule has 1 aromatic carbocycles. The lowest BCUT2D eigenvalue weighted by molar-refractivity contribution is -0.144. The maximum Gasteiger partial charge on any atom is 0.337 e. The van der Waals surface area contributed by atoms with Gasteiger partial charge >= 0.3 is 11.9 Å². The number of amides is 1. The molecule has 1 amide bonds. The van der Waals surface area contributed by atoms with Crippen LogP contribution in [0.1, 0.15) is 46.6 Å². The predicted octanol–water partition coefficient (Wildman–Crippen LogP) is 3.28. The van der Waals surface area contributed by atoms with E-state index in [1.807, 2.05) is 19.1 Å². The molecule has 0 aliphatic carbocycles. The summed E-state index contributed by atoms with van der Waals surface area (Å²) in [5.41, 5.74) is 2.76. The summed E-state index contributed by atoms with van der Waals surface area (Å²) in [5, 5.41) is 7.27. The molecular weight excluding hydrogens is 414 g/mol. The molecule has 1 N–H and O–H groups in total. The van der Waals surface area contributed by atoms with Crippen LogP contribution in [0.4, 0.5) is 5.82 Å². The fourth-order valence-corrected chi connectivity index (χ4v) is 3.88. The van der Waals surface area contributed by atoms with Gasteiger partial charge in [-0.1, -0.05) is 12.1 Å². The summed E-state index contributed by atoms with van der Waals surface area (Å²) < 4.78 is 17.3. The monoisotopic (exact) mass is 437 g/mol. The summed E-state index contributed by atoms with van der Waals surface area (Å²) in [6, 6.07) is 10.5. The Morgan fingerprint density at radius 3 is 2.66 bits per heavy atom. The number of rotatable bonds is 6. The first kappa shape index (κ1) is 21.4. The zero-order chi connectivity index (χ0) is 22.8. The number of carbonyl (C=O) groups excluding carboxylic acids is 3. The highest BCUT2D eigenvalue weighted by molar-refractivity contribution is 5.95. The number of nitrogens with zero attached hydrogens (tertiary/aromatic N) is 2. The van der Waals surface area contributed by atoms with Crippen molar-refractivity contribution < 1.29 is 28.3 Å². The number of nitrogens with one attached hydrogen (secondary N) is 1. The van der Waals surface area contributed by atoms with Crippen LogP contribution in [0.15, 0.2) is 40.8 Å². The first-order valence-corrected chi connectivity index (χ1v) is 10.2. The van der Waals surface area contributed by atoms with Gasteiger partial charge in [0.15, 0.2) is 0 Å². The molecule has 9 heteroatoms. The minimum Gasteiger partial charge on any atom is -0.465 e. The zero-order valence-electron chi connectivity index (χ0n) is 18.0. The molecule has 0 spiro atoms. The van der Waals surface area contributed by atoms with E-state index in [1.54, 1.807) is 31.2 Å². The van der Waals surface area contributed by atoms with E-state index in [-0.39, 0.29) is 31.4 Å². The van der Waals surface area contributed by atoms with Crippen LogP contribution in [0.25, 0.3) is 11.3 Å². The summed E-state index contributed by atoms with van der Waals surface area (Å²) in [6.45, 7) is 3.75. The van der Waals surface area contributed by atoms with Crippen molar-refractivity contribution in [3.05, 3.63) is 59.0 Å². The molecule has 9 nitrogen and oxygen atoms in total. The molecule has 0 fully saturated rings. The number of aryl methyl sites for hydroxylation is 1. The number of hydrogen-bond acceptors (Lipinski definition) is 7. The molecular formula is C23H23N3O6. The van der Waals surface area contributed by atoms with Crippen molar-refractivity contribution >= 4 is 23.7 Å². The second kappa shape index (κ2) is 8.70. The molecule has 1 aliphatic rings. The van der Waals surface area contributed by atoms with Crippen molar-refractivity contribution in [2.45, 2.75) is 32.7 Å². The van der Waals surface area contributed by atoms with Crippen LogP contribution in [-0.4, -0.2) is 41.3 Å². The lowest BCUT2D eigenvalue weighted by atomic mass is 9.90. The van der Waals surface area contributed by atoms with Crippen LogP contribution < -0.4 is 5.32 Å². The number of carbonyl (C=O) groups is 3. The quantitative estimate of drug-likeness (QED) is 0.589. The number of esters is 2. The van der Waals surface area contributed by atoms with Gasteiger partial charge in [-0.3, -0.25) is 9.59 Å². The van der Waals surface area contributed by atoms with Gasteiger partial charge in [-0.25, -0.2) is 9.48 Å². The van der Waals surface area contributed by atoms with Gasteiger partial charge in [0.25, 0.3) is 0 Å². The molecule has 32 heavy (non-hydrogen) atoms. The third kappa shape index (κ3) is 4.01. The van der Waals surface area contributed by atoms with Gasteiger partial charge in [-0.05, 0) is 38.1 Å². The van der Waals surface area contributed by atoms with E-state index in [4.69, 9.17) is 13.9 Å². The molecule has 0 radical (unpaired) electrons. The van der Waals surface area contributed by atoms with E-state index >= 15 is 0 Å². The van der Waals surface area contributed by atoms with Crippen LogP contribution in [0.3, 0.4) is 0 Å². The first-order chi connectivity index (χ1) is 15.4. The van der Waals surface area contributed by atoms with E-state index in [0.717, 1.165) is 11.1 Å². The van der Waals surface area contributed by atoms with Crippen LogP contribution in [0, 0.1) is 6.92 Å². The third-order valence-electron chi connectivity index (χ3n) is 5.31. The van der Waals surface area contributed by atoms with Gasteiger partial charge in [0, 0.05) is 17.5 Å². The predicted molar refractivity (Wildman–Crippen MR) is 114 cm³/mol. The standard InChI is InChI=1S/C23H23N3O6/c1-4-31-20(28)12-26-22-21(13(2)25-26)16(11-19(27)24-22)18-10-9-17(32-18)14-5-7-15(8-6-14)23(29)30-3/h5-10,16H,4,11-12H2,1-3H3,(H,24,27)/t16-/m1/s1. The fraction of sp³-hybridized carbons (Fsp3) is 0.304. The van der Waals surface area contributed by atoms with Crippen molar-refractivity contribution in [3.63, 3.8) is 0 Å². The molecule has 0 bridgehead atoms. The summed E-state index contributed by atoms with van der Waals surface area (Å²) in [5.74, 6) is 0.355. The molecule has 1 aliphatic heterocycles. The van der Waals surface area contributed by atoms with E-state index in [0.29, 0.717) is 28.6 Å². The average Bonchev–Trinajstić information content (AvgIpc) is 3.38. The molecule has 1 atom stereocenters. The first-order valence-electron chi connectivity index (χ1n) is 10.2. The molecule has 4 rings (SSSR count). The third-order valence-corrected chi connectivity index (χ3v) is 5.31. The van der Waals surface area contributed by atoms with Gasteiger partial charge in [0.05, 0.1) is 30.9 Å². The number of furan rings is 1. The van der Waals surface area contributed by atoms with Crippen molar-refractivity contribution in [3.8, 4) is 11.3 Å². The van der Waals surface area contributed by atoms with E-state index in [1.165, 1.54) is 11.8 Å². The summed E-state index contributed by atoms with van der Waals surface area (Å²) in [4.78, 5) is 36.0. The topological polar surface area (TPSA) is 113 Å². The molecule has 3 heterocycles. The number of ether oxygens (including phenoxy) is 2. The van der Waals surface area contributed by atoms with Gasteiger partial charge in [0.1, 0.15) is 23.9 Å². The Morgan fingerprint density at radius 2 is 1.97 bits per heavy atom. The van der Waals surface area contributed by atoms with Crippen LogP contribution in [-0.2, 0) is 25.6 Å². The number of aromatic nitrogens is 2. The highest BCUT2D eigenvalue weighted by atomic mass is 16.5. The minimum atomic E-state index is -0.426. The van der Waals surface area contributed by atoms with E-state index < -0.39 is 11.9 Å². The Hall–Kier alpha value is -3.88. The summed E-state index contributed by atoms with van der Waals surface area (Å²) in [6.07, 6.45) is 0.202. The van der Waals surface area contributed by atoms with Crippen LogP contribution in [0.5, 0.6) is 0 Å². The highest BCUT2D eigenvalue weighted by Crippen LogP contribution is 2.40. The van der Waals surface area contributed by atoms with Gasteiger partial charge in [-0.15, -0.1) is 0 Å². The number of benzene rings is 1. The highest BCUT2D eigenvalue weighted by Gasteiger charge is 2.34. The van der Waals surface area contributed by atoms with E-state index in [2.05, 4.69) is 10.4 Å². The smallest absolute Gasteiger partial charge is 0.337 e. The molecule has 0 unspecified atom stereocenters. The van der Waals surface area contributed by atoms with Crippen molar-refractivity contribution in [1.29, 1.82) is 0 Å². The molecule has 3 aromatic rings. The average molecular weight is 437 g/mol. The SMILES string of the molecule is CCOC(=O)Cn1nc(C)c2c1NC(=O)C[C@@H]2c1ccc(-c2ccc(C(=O)OC)cc2)o1.